The number of rotatable bonds is 7. The number of carbonyl (C=O) groups excluding carboxylic acids is 1. The van der Waals surface area contributed by atoms with Gasteiger partial charge in [0.2, 0.25) is 5.69 Å². The number of hydrogen-bond donors (Lipinski definition) is 2. The SMILES string of the molecule is CN[C@@H](C)C(=O)[NH2+]c1ccc(-c2ccccc2)n(Cc2cncc(-n3cc(C)c4cc(F)ccc43)c2)c1=O. The van der Waals surface area contributed by atoms with E-state index in [1.54, 1.807) is 43.1 Å². The number of quaternary nitrogens is 1. The van der Waals surface area contributed by atoms with Crippen molar-refractivity contribution >= 4 is 22.5 Å². The highest BCUT2D eigenvalue weighted by atomic mass is 19.1. The number of benzene rings is 2. The van der Waals surface area contributed by atoms with Crippen molar-refractivity contribution in [3.8, 4) is 16.9 Å². The Bertz CT molecular complexity index is 1690. The zero-order valence-corrected chi connectivity index (χ0v) is 21.5. The number of carbonyl (C=O) groups is 1. The summed E-state index contributed by atoms with van der Waals surface area (Å²) in [5, 5.41) is 5.15. The quantitative estimate of drug-likeness (QED) is 0.350. The molecule has 5 aromatic rings. The van der Waals surface area contributed by atoms with Crippen LogP contribution < -0.4 is 16.2 Å². The van der Waals surface area contributed by atoms with E-state index < -0.39 is 6.04 Å². The van der Waals surface area contributed by atoms with Crippen LogP contribution in [0.5, 0.6) is 0 Å². The van der Waals surface area contributed by atoms with Gasteiger partial charge in [0.1, 0.15) is 11.9 Å². The van der Waals surface area contributed by atoms with Crippen molar-refractivity contribution in [1.82, 2.24) is 19.4 Å². The fourth-order valence-corrected chi connectivity index (χ4v) is 4.60. The van der Waals surface area contributed by atoms with Gasteiger partial charge < -0.3 is 9.88 Å². The molecule has 192 valence electrons. The Balaban J connectivity index is 1.57. The second-order valence-corrected chi connectivity index (χ2v) is 9.38. The number of likely N-dealkylation sites (N-methyl/N-ethyl adjacent to an activating group) is 1. The van der Waals surface area contributed by atoms with Gasteiger partial charge in [0, 0.05) is 23.8 Å². The first-order valence-electron chi connectivity index (χ1n) is 12.4. The van der Waals surface area contributed by atoms with E-state index in [-0.39, 0.29) is 23.8 Å². The predicted molar refractivity (Wildman–Crippen MR) is 146 cm³/mol. The Morgan fingerprint density at radius 3 is 2.63 bits per heavy atom. The molecule has 0 saturated heterocycles. The molecule has 3 N–H and O–H groups in total. The third kappa shape index (κ3) is 4.91. The minimum atomic E-state index is -0.397. The lowest BCUT2D eigenvalue weighted by Gasteiger charge is -2.15. The van der Waals surface area contributed by atoms with Crippen molar-refractivity contribution in [3.05, 3.63) is 113 Å². The summed E-state index contributed by atoms with van der Waals surface area (Å²) in [7, 11) is 1.71. The van der Waals surface area contributed by atoms with E-state index in [0.717, 1.165) is 39.0 Å². The van der Waals surface area contributed by atoms with Crippen molar-refractivity contribution in [2.45, 2.75) is 26.4 Å². The summed E-state index contributed by atoms with van der Waals surface area (Å²) in [6, 6.07) is 19.5. The van der Waals surface area contributed by atoms with Crippen LogP contribution in [0.25, 0.3) is 27.8 Å². The second-order valence-electron chi connectivity index (χ2n) is 9.38. The van der Waals surface area contributed by atoms with Gasteiger partial charge >= 0.3 is 11.5 Å². The third-order valence-corrected chi connectivity index (χ3v) is 6.80. The summed E-state index contributed by atoms with van der Waals surface area (Å²) >= 11 is 0. The van der Waals surface area contributed by atoms with E-state index >= 15 is 0 Å². The van der Waals surface area contributed by atoms with Gasteiger partial charge in [-0.3, -0.25) is 14.3 Å². The maximum Gasteiger partial charge on any atom is 0.332 e. The molecular weight excluding hydrogens is 481 g/mol. The molecule has 8 heteroatoms. The van der Waals surface area contributed by atoms with Crippen LogP contribution in [0.15, 0.2) is 90.1 Å². The number of nitrogens with zero attached hydrogens (tertiary/aromatic N) is 3. The highest BCUT2D eigenvalue weighted by molar-refractivity contribution is 5.85. The molecule has 38 heavy (non-hydrogen) atoms. The number of primary amides is 1. The van der Waals surface area contributed by atoms with Crippen molar-refractivity contribution in [2.75, 3.05) is 7.05 Å². The highest BCUT2D eigenvalue weighted by Crippen LogP contribution is 2.26. The molecule has 0 bridgehead atoms. The average Bonchev–Trinajstić information content (AvgIpc) is 3.26. The topological polar surface area (TPSA) is 85.5 Å². The van der Waals surface area contributed by atoms with Gasteiger partial charge in [0.05, 0.1) is 29.6 Å². The lowest BCUT2D eigenvalue weighted by molar-refractivity contribution is -0.486. The monoisotopic (exact) mass is 510 g/mol. The molecule has 2 aromatic carbocycles. The van der Waals surface area contributed by atoms with Gasteiger partial charge in [0.25, 0.3) is 0 Å². The molecule has 0 spiro atoms. The maximum atomic E-state index is 13.8. The molecule has 0 saturated carbocycles. The zero-order chi connectivity index (χ0) is 26.8. The van der Waals surface area contributed by atoms with Crippen molar-refractivity contribution in [3.63, 3.8) is 0 Å². The van der Waals surface area contributed by atoms with E-state index in [1.807, 2.05) is 60.2 Å². The number of nitrogens with one attached hydrogen (secondary N) is 1. The Morgan fingerprint density at radius 1 is 1.08 bits per heavy atom. The fraction of sp³-hybridized carbons (Fsp3) is 0.167. The number of amides is 1. The van der Waals surface area contributed by atoms with Crippen LogP contribution in [0.3, 0.4) is 0 Å². The third-order valence-electron chi connectivity index (χ3n) is 6.80. The molecule has 3 aromatic heterocycles. The lowest BCUT2D eigenvalue weighted by Crippen LogP contribution is -2.87. The van der Waals surface area contributed by atoms with Crippen LogP contribution in [-0.2, 0) is 11.3 Å². The molecule has 5 rings (SSSR count). The van der Waals surface area contributed by atoms with E-state index in [1.165, 1.54) is 17.4 Å². The molecule has 0 unspecified atom stereocenters. The van der Waals surface area contributed by atoms with Crippen molar-refractivity contribution < 1.29 is 14.5 Å². The Morgan fingerprint density at radius 2 is 1.87 bits per heavy atom. The van der Waals surface area contributed by atoms with Gasteiger partial charge in [0.15, 0.2) is 0 Å². The number of nitrogens with two attached hydrogens (primary N) is 1. The number of aromatic nitrogens is 3. The summed E-state index contributed by atoms with van der Waals surface area (Å²) < 4.78 is 17.5. The number of fused-ring (bicyclic) bond motifs is 1. The second kappa shape index (κ2) is 10.5. The van der Waals surface area contributed by atoms with Crippen LogP contribution in [0.1, 0.15) is 18.1 Å². The average molecular weight is 511 g/mol. The molecular formula is C30H29FN5O2+. The van der Waals surface area contributed by atoms with E-state index in [9.17, 15) is 14.0 Å². The summed E-state index contributed by atoms with van der Waals surface area (Å²) in [5.74, 6) is -0.448. The van der Waals surface area contributed by atoms with Crippen LogP contribution in [0.4, 0.5) is 10.1 Å². The molecule has 0 aliphatic carbocycles. The summed E-state index contributed by atoms with van der Waals surface area (Å²) in [6.45, 7) is 3.96. The molecule has 1 atom stereocenters. The molecule has 7 nitrogen and oxygen atoms in total. The van der Waals surface area contributed by atoms with Gasteiger partial charge in [-0.25, -0.2) is 14.5 Å². The summed E-state index contributed by atoms with van der Waals surface area (Å²) in [4.78, 5) is 30.7. The van der Waals surface area contributed by atoms with Gasteiger partial charge in [-0.1, -0.05) is 30.3 Å². The highest BCUT2D eigenvalue weighted by Gasteiger charge is 2.20. The molecule has 0 aliphatic heterocycles. The summed E-state index contributed by atoms with van der Waals surface area (Å²) in [5.41, 5.74) is 5.16. The van der Waals surface area contributed by atoms with E-state index in [4.69, 9.17) is 0 Å². The first kappa shape index (κ1) is 25.3. The van der Waals surface area contributed by atoms with E-state index in [0.29, 0.717) is 5.69 Å². The van der Waals surface area contributed by atoms with Crippen molar-refractivity contribution in [2.24, 2.45) is 0 Å². The molecule has 3 heterocycles. The van der Waals surface area contributed by atoms with E-state index in [2.05, 4.69) is 10.3 Å². The predicted octanol–water partition coefficient (Wildman–Crippen LogP) is 3.68. The number of aryl methyl sites for hydroxylation is 1. The lowest BCUT2D eigenvalue weighted by atomic mass is 10.1. The standard InChI is InChI=1S/C30H28FN5O2/c1-19-17-35(28-11-9-23(31)14-25(19)28)24-13-21(15-33-16-24)18-36-27(22-7-5-4-6-8-22)12-10-26(30(36)38)34-29(37)20(2)32-3/h4-17,20,32H,18H2,1-3H3,(H,34,37)/p+1/t20-/m0/s1. The molecule has 0 fully saturated rings. The van der Waals surface area contributed by atoms with Gasteiger partial charge in [-0.05, 0) is 67.9 Å². The zero-order valence-electron chi connectivity index (χ0n) is 21.5. The summed E-state index contributed by atoms with van der Waals surface area (Å²) in [6.07, 6.45) is 5.43. The Labute approximate surface area is 219 Å². The van der Waals surface area contributed by atoms with Crippen LogP contribution in [0, 0.1) is 12.7 Å². The Kier molecular flexibility index (Phi) is 7.00. The van der Waals surface area contributed by atoms with Crippen LogP contribution >= 0.6 is 0 Å². The first-order chi connectivity index (χ1) is 18.4. The minimum Gasteiger partial charge on any atom is -0.315 e. The van der Waals surface area contributed by atoms with Crippen molar-refractivity contribution in [1.29, 1.82) is 0 Å². The number of hydrogen-bond acceptors (Lipinski definition) is 4. The number of halogens is 1. The largest absolute Gasteiger partial charge is 0.332 e. The minimum absolute atomic E-state index is 0.168. The van der Waals surface area contributed by atoms with Crippen LogP contribution in [0.2, 0.25) is 0 Å². The van der Waals surface area contributed by atoms with Gasteiger partial charge in [-0.2, -0.15) is 0 Å². The smallest absolute Gasteiger partial charge is 0.315 e. The fourth-order valence-electron chi connectivity index (χ4n) is 4.60. The van der Waals surface area contributed by atoms with Crippen LogP contribution in [-0.4, -0.2) is 33.1 Å². The number of pyridine rings is 2. The Hall–Kier alpha value is -4.40. The molecule has 1 amide bonds. The molecule has 0 radical (unpaired) electrons. The normalized spacial score (nSPS) is 12.1. The maximum absolute atomic E-state index is 13.8. The molecule has 0 aliphatic rings. The first-order valence-corrected chi connectivity index (χ1v) is 12.4. The van der Waals surface area contributed by atoms with Gasteiger partial charge in [-0.15, -0.1) is 0 Å².